The van der Waals surface area contributed by atoms with Crippen LogP contribution in [0.3, 0.4) is 0 Å². The topological polar surface area (TPSA) is 78.7 Å². The summed E-state index contributed by atoms with van der Waals surface area (Å²) >= 11 is 0. The van der Waals surface area contributed by atoms with Crippen LogP contribution in [0.1, 0.15) is 30.6 Å². The lowest BCUT2D eigenvalue weighted by Gasteiger charge is -2.14. The first-order valence-corrected chi connectivity index (χ1v) is 5.97. The molecule has 1 aromatic carbocycles. The number of rotatable bonds is 7. The summed E-state index contributed by atoms with van der Waals surface area (Å²) in [7, 11) is 1.42. The smallest absolute Gasteiger partial charge is 0.283 e. The monoisotopic (exact) mass is 267 g/mol. The number of ether oxygens (including phenoxy) is 2. The highest BCUT2D eigenvalue weighted by molar-refractivity contribution is 5.83. The molecule has 0 spiro atoms. The predicted octanol–water partition coefficient (Wildman–Crippen LogP) is 2.84. The SMILES string of the molecule is CC[C@@H](C)COc1cc([N+](=O)[O-])c(C=O)cc1OC. The van der Waals surface area contributed by atoms with Gasteiger partial charge in [0, 0.05) is 6.07 Å². The Balaban J connectivity index is 3.11. The molecule has 0 saturated heterocycles. The zero-order valence-corrected chi connectivity index (χ0v) is 11.2. The molecular weight excluding hydrogens is 250 g/mol. The molecule has 0 amide bonds. The molecule has 0 aliphatic rings. The quantitative estimate of drug-likeness (QED) is 0.431. The van der Waals surface area contributed by atoms with Crippen LogP contribution in [0.4, 0.5) is 5.69 Å². The number of methoxy groups -OCH3 is 1. The minimum atomic E-state index is -0.612. The summed E-state index contributed by atoms with van der Waals surface area (Å²) in [5.74, 6) is 0.922. The van der Waals surface area contributed by atoms with E-state index in [0.29, 0.717) is 24.6 Å². The van der Waals surface area contributed by atoms with Crippen LogP contribution in [0.25, 0.3) is 0 Å². The summed E-state index contributed by atoms with van der Waals surface area (Å²) in [6.07, 6.45) is 1.37. The van der Waals surface area contributed by atoms with Crippen molar-refractivity contribution in [2.45, 2.75) is 20.3 Å². The lowest BCUT2D eigenvalue weighted by molar-refractivity contribution is -0.385. The molecule has 0 aliphatic heterocycles. The van der Waals surface area contributed by atoms with E-state index >= 15 is 0 Å². The van der Waals surface area contributed by atoms with Gasteiger partial charge in [-0.2, -0.15) is 0 Å². The number of hydrogen-bond donors (Lipinski definition) is 0. The van der Waals surface area contributed by atoms with Crippen LogP contribution in [0.2, 0.25) is 0 Å². The van der Waals surface area contributed by atoms with Gasteiger partial charge in [-0.25, -0.2) is 0 Å². The van der Waals surface area contributed by atoms with Gasteiger partial charge in [0.25, 0.3) is 5.69 Å². The summed E-state index contributed by atoms with van der Waals surface area (Å²) in [5.41, 5.74) is -0.312. The molecule has 0 unspecified atom stereocenters. The highest BCUT2D eigenvalue weighted by atomic mass is 16.6. The molecule has 0 bridgehead atoms. The van der Waals surface area contributed by atoms with Gasteiger partial charge in [-0.3, -0.25) is 14.9 Å². The second-order valence-corrected chi connectivity index (χ2v) is 4.26. The molecule has 0 aliphatic carbocycles. The van der Waals surface area contributed by atoms with Crippen molar-refractivity contribution < 1.29 is 19.2 Å². The fourth-order valence-electron chi connectivity index (χ4n) is 1.44. The van der Waals surface area contributed by atoms with Gasteiger partial charge < -0.3 is 9.47 Å². The molecular formula is C13H17NO5. The van der Waals surface area contributed by atoms with Crippen LogP contribution in [-0.2, 0) is 0 Å². The Bertz CT molecular complexity index is 472. The molecule has 0 heterocycles. The third-order valence-electron chi connectivity index (χ3n) is 2.86. The lowest BCUT2D eigenvalue weighted by atomic mass is 10.1. The zero-order chi connectivity index (χ0) is 14.4. The minimum Gasteiger partial charge on any atom is -0.493 e. The van der Waals surface area contributed by atoms with Crippen LogP contribution in [0.15, 0.2) is 12.1 Å². The van der Waals surface area contributed by atoms with Gasteiger partial charge in [-0.15, -0.1) is 0 Å². The molecule has 1 aromatic rings. The van der Waals surface area contributed by atoms with Crippen molar-refractivity contribution in [1.29, 1.82) is 0 Å². The third-order valence-corrected chi connectivity index (χ3v) is 2.86. The van der Waals surface area contributed by atoms with E-state index in [0.717, 1.165) is 6.42 Å². The lowest BCUT2D eigenvalue weighted by Crippen LogP contribution is -2.08. The number of aldehydes is 1. The normalized spacial score (nSPS) is 11.7. The number of benzene rings is 1. The molecule has 6 heteroatoms. The molecule has 0 N–H and O–H groups in total. The molecule has 0 radical (unpaired) electrons. The number of nitro groups is 1. The van der Waals surface area contributed by atoms with E-state index < -0.39 is 4.92 Å². The average Bonchev–Trinajstić information content (AvgIpc) is 2.43. The summed E-state index contributed by atoms with van der Waals surface area (Å²) in [6.45, 7) is 4.48. The highest BCUT2D eigenvalue weighted by Crippen LogP contribution is 2.34. The molecule has 104 valence electrons. The van der Waals surface area contributed by atoms with Crippen LogP contribution in [0, 0.1) is 16.0 Å². The van der Waals surface area contributed by atoms with Gasteiger partial charge in [-0.1, -0.05) is 20.3 Å². The fraction of sp³-hybridized carbons (Fsp3) is 0.462. The first-order chi connectivity index (χ1) is 9.03. The fourth-order valence-corrected chi connectivity index (χ4v) is 1.44. The Morgan fingerprint density at radius 3 is 2.58 bits per heavy atom. The van der Waals surface area contributed by atoms with Crippen molar-refractivity contribution in [3.8, 4) is 11.5 Å². The maximum atomic E-state index is 10.9. The molecule has 1 atom stereocenters. The first-order valence-electron chi connectivity index (χ1n) is 5.97. The molecule has 19 heavy (non-hydrogen) atoms. The van der Waals surface area contributed by atoms with E-state index in [2.05, 4.69) is 0 Å². The van der Waals surface area contributed by atoms with Crippen molar-refractivity contribution in [2.75, 3.05) is 13.7 Å². The number of carbonyl (C=O) groups is 1. The van der Waals surface area contributed by atoms with E-state index in [1.807, 2.05) is 13.8 Å². The number of nitro benzene ring substituents is 1. The summed E-state index contributed by atoms with van der Waals surface area (Å²) in [4.78, 5) is 21.1. The van der Waals surface area contributed by atoms with Crippen LogP contribution >= 0.6 is 0 Å². The van der Waals surface area contributed by atoms with E-state index in [1.165, 1.54) is 19.2 Å². The molecule has 0 fully saturated rings. The van der Waals surface area contributed by atoms with E-state index in [4.69, 9.17) is 9.47 Å². The second kappa shape index (κ2) is 6.72. The number of carbonyl (C=O) groups excluding carboxylic acids is 1. The summed E-state index contributed by atoms with van der Waals surface area (Å²) in [5, 5.41) is 10.9. The number of nitrogens with zero attached hydrogens (tertiary/aromatic N) is 1. The van der Waals surface area contributed by atoms with Gasteiger partial charge in [0.05, 0.1) is 30.3 Å². The standard InChI is InChI=1S/C13H17NO5/c1-4-9(2)8-19-13-6-11(14(16)17)10(7-15)5-12(13)18-3/h5-7,9H,4,8H2,1-3H3/t9-/m1/s1. The minimum absolute atomic E-state index is 0.0299. The van der Waals surface area contributed by atoms with Crippen molar-refractivity contribution in [2.24, 2.45) is 5.92 Å². The Hall–Kier alpha value is -2.11. The Morgan fingerprint density at radius 2 is 2.11 bits per heavy atom. The second-order valence-electron chi connectivity index (χ2n) is 4.26. The molecule has 6 nitrogen and oxygen atoms in total. The van der Waals surface area contributed by atoms with Crippen molar-refractivity contribution in [3.63, 3.8) is 0 Å². The van der Waals surface area contributed by atoms with E-state index in [1.54, 1.807) is 0 Å². The Kier molecular flexibility index (Phi) is 5.29. The Labute approximate surface area is 111 Å². The van der Waals surface area contributed by atoms with E-state index in [-0.39, 0.29) is 17.0 Å². The van der Waals surface area contributed by atoms with Crippen molar-refractivity contribution >= 4 is 12.0 Å². The van der Waals surface area contributed by atoms with Gasteiger partial charge in [-0.05, 0) is 5.92 Å². The summed E-state index contributed by atoms with van der Waals surface area (Å²) in [6, 6.07) is 2.54. The first kappa shape index (κ1) is 14.9. The third kappa shape index (κ3) is 3.67. The van der Waals surface area contributed by atoms with Gasteiger partial charge in [0.2, 0.25) is 0 Å². The van der Waals surface area contributed by atoms with Gasteiger partial charge >= 0.3 is 0 Å². The predicted molar refractivity (Wildman–Crippen MR) is 70.0 cm³/mol. The van der Waals surface area contributed by atoms with Gasteiger partial charge in [0.1, 0.15) is 0 Å². The zero-order valence-electron chi connectivity index (χ0n) is 11.2. The van der Waals surface area contributed by atoms with Crippen LogP contribution < -0.4 is 9.47 Å². The van der Waals surface area contributed by atoms with E-state index in [9.17, 15) is 14.9 Å². The van der Waals surface area contributed by atoms with Crippen molar-refractivity contribution in [1.82, 2.24) is 0 Å². The summed E-state index contributed by atoms with van der Waals surface area (Å²) < 4.78 is 10.6. The molecule has 0 saturated carbocycles. The molecule has 0 aromatic heterocycles. The van der Waals surface area contributed by atoms with Crippen LogP contribution in [-0.4, -0.2) is 24.9 Å². The largest absolute Gasteiger partial charge is 0.493 e. The highest BCUT2D eigenvalue weighted by Gasteiger charge is 2.19. The Morgan fingerprint density at radius 1 is 1.42 bits per heavy atom. The van der Waals surface area contributed by atoms with Gasteiger partial charge in [0.15, 0.2) is 17.8 Å². The average molecular weight is 267 g/mol. The maximum absolute atomic E-state index is 10.9. The maximum Gasteiger partial charge on any atom is 0.283 e. The number of hydrogen-bond acceptors (Lipinski definition) is 5. The van der Waals surface area contributed by atoms with Crippen LogP contribution in [0.5, 0.6) is 11.5 Å². The molecule has 1 rings (SSSR count). The van der Waals surface area contributed by atoms with Crippen molar-refractivity contribution in [3.05, 3.63) is 27.8 Å².